The van der Waals surface area contributed by atoms with Gasteiger partial charge in [-0.1, -0.05) is 6.92 Å². The van der Waals surface area contributed by atoms with E-state index < -0.39 is 0 Å². The van der Waals surface area contributed by atoms with Crippen molar-refractivity contribution in [1.29, 1.82) is 0 Å². The van der Waals surface area contributed by atoms with E-state index in [-0.39, 0.29) is 18.2 Å². The van der Waals surface area contributed by atoms with Gasteiger partial charge in [-0.05, 0) is 38.0 Å². The monoisotopic (exact) mass is 208 g/mol. The highest BCUT2D eigenvalue weighted by molar-refractivity contribution is 5.15. The Kier molecular flexibility index (Phi) is 4.72. The van der Waals surface area contributed by atoms with Gasteiger partial charge in [0.2, 0.25) is 0 Å². The van der Waals surface area contributed by atoms with Crippen molar-refractivity contribution in [3.8, 4) is 0 Å². The molecule has 2 N–H and O–H groups in total. The van der Waals surface area contributed by atoms with Crippen molar-refractivity contribution in [2.75, 3.05) is 0 Å². The highest BCUT2D eigenvalue weighted by atomic mass is 16.5. The van der Waals surface area contributed by atoms with Crippen molar-refractivity contribution in [3.05, 3.63) is 30.1 Å². The molecule has 0 aliphatic heterocycles. The minimum absolute atomic E-state index is 0.0126. The van der Waals surface area contributed by atoms with Gasteiger partial charge >= 0.3 is 0 Å². The highest BCUT2D eigenvalue weighted by Gasteiger charge is 2.18. The predicted molar refractivity (Wildman–Crippen MR) is 61.5 cm³/mol. The number of pyridine rings is 1. The van der Waals surface area contributed by atoms with Gasteiger partial charge in [0.15, 0.2) is 0 Å². The van der Waals surface area contributed by atoms with E-state index in [1.807, 2.05) is 19.1 Å². The Morgan fingerprint density at radius 3 is 2.40 bits per heavy atom. The van der Waals surface area contributed by atoms with Crippen molar-refractivity contribution in [2.24, 2.45) is 5.73 Å². The van der Waals surface area contributed by atoms with E-state index >= 15 is 0 Å². The summed E-state index contributed by atoms with van der Waals surface area (Å²) in [5.74, 6) is 0. The third-order valence-corrected chi connectivity index (χ3v) is 2.47. The lowest BCUT2D eigenvalue weighted by molar-refractivity contribution is -0.0161. The molecule has 1 aromatic heterocycles. The minimum atomic E-state index is -0.0389. The van der Waals surface area contributed by atoms with Gasteiger partial charge in [-0.3, -0.25) is 4.98 Å². The lowest BCUT2D eigenvalue weighted by Gasteiger charge is -2.25. The molecule has 3 nitrogen and oxygen atoms in total. The molecule has 1 heterocycles. The third kappa shape index (κ3) is 3.61. The summed E-state index contributed by atoms with van der Waals surface area (Å²) in [6, 6.07) is 3.90. The molecule has 1 aromatic rings. The van der Waals surface area contributed by atoms with E-state index in [0.29, 0.717) is 0 Å². The van der Waals surface area contributed by atoms with Crippen molar-refractivity contribution in [2.45, 2.75) is 45.4 Å². The average molecular weight is 208 g/mol. The van der Waals surface area contributed by atoms with Gasteiger partial charge < -0.3 is 10.5 Å². The molecule has 0 aromatic carbocycles. The molecule has 0 aliphatic carbocycles. The topological polar surface area (TPSA) is 48.1 Å². The van der Waals surface area contributed by atoms with Crippen LogP contribution in [0.25, 0.3) is 0 Å². The molecule has 3 heteroatoms. The van der Waals surface area contributed by atoms with Crippen LogP contribution in [0.15, 0.2) is 24.5 Å². The van der Waals surface area contributed by atoms with Gasteiger partial charge in [0, 0.05) is 18.4 Å². The fraction of sp³-hybridized carbons (Fsp3) is 0.583. The first-order valence-corrected chi connectivity index (χ1v) is 5.46. The van der Waals surface area contributed by atoms with Crippen LogP contribution in [0.4, 0.5) is 0 Å². The largest absolute Gasteiger partial charge is 0.369 e. The van der Waals surface area contributed by atoms with Crippen LogP contribution in [-0.4, -0.2) is 17.1 Å². The van der Waals surface area contributed by atoms with Crippen molar-refractivity contribution >= 4 is 0 Å². The number of rotatable bonds is 5. The molecule has 1 rings (SSSR count). The van der Waals surface area contributed by atoms with Crippen LogP contribution in [0.3, 0.4) is 0 Å². The second-order valence-electron chi connectivity index (χ2n) is 3.92. The van der Waals surface area contributed by atoms with Crippen LogP contribution in [0, 0.1) is 0 Å². The molecular formula is C12H20N2O. The summed E-state index contributed by atoms with van der Waals surface area (Å²) >= 11 is 0. The molecule has 3 unspecified atom stereocenters. The molecule has 84 valence electrons. The number of ether oxygens (including phenoxy) is 1. The number of nitrogens with zero attached hydrogens (tertiary/aromatic N) is 1. The average Bonchev–Trinajstić information content (AvgIpc) is 2.26. The molecule has 0 spiro atoms. The molecule has 0 fully saturated rings. The van der Waals surface area contributed by atoms with Crippen molar-refractivity contribution in [3.63, 3.8) is 0 Å². The van der Waals surface area contributed by atoms with E-state index in [1.165, 1.54) is 0 Å². The summed E-state index contributed by atoms with van der Waals surface area (Å²) in [6.45, 7) is 6.14. The zero-order valence-corrected chi connectivity index (χ0v) is 9.68. The van der Waals surface area contributed by atoms with Crippen molar-refractivity contribution < 1.29 is 4.74 Å². The maximum Gasteiger partial charge on any atom is 0.0977 e. The molecular weight excluding hydrogens is 188 g/mol. The number of hydrogen-bond acceptors (Lipinski definition) is 3. The second-order valence-corrected chi connectivity index (χ2v) is 3.92. The highest BCUT2D eigenvalue weighted by Crippen LogP contribution is 2.21. The zero-order valence-electron chi connectivity index (χ0n) is 9.68. The molecule has 0 bridgehead atoms. The fourth-order valence-corrected chi connectivity index (χ4v) is 1.41. The Bertz CT molecular complexity index is 274. The third-order valence-electron chi connectivity index (χ3n) is 2.47. The molecule has 0 aliphatic rings. The maximum absolute atomic E-state index is 5.93. The Morgan fingerprint density at radius 1 is 1.33 bits per heavy atom. The molecule has 0 amide bonds. The van der Waals surface area contributed by atoms with Gasteiger partial charge in [-0.2, -0.15) is 0 Å². The fourth-order valence-electron chi connectivity index (χ4n) is 1.41. The summed E-state index contributed by atoms with van der Waals surface area (Å²) in [6.07, 6.45) is 4.72. The first kappa shape index (κ1) is 12.1. The van der Waals surface area contributed by atoms with Crippen LogP contribution < -0.4 is 5.73 Å². The quantitative estimate of drug-likeness (QED) is 0.807. The van der Waals surface area contributed by atoms with E-state index in [9.17, 15) is 0 Å². The summed E-state index contributed by atoms with van der Waals surface area (Å²) in [5.41, 5.74) is 7.02. The van der Waals surface area contributed by atoms with Gasteiger partial charge in [-0.25, -0.2) is 0 Å². The second kappa shape index (κ2) is 5.83. The Hall–Kier alpha value is -0.930. The van der Waals surface area contributed by atoms with E-state index in [1.54, 1.807) is 12.4 Å². The zero-order chi connectivity index (χ0) is 11.3. The molecule has 0 radical (unpaired) electrons. The smallest absolute Gasteiger partial charge is 0.0977 e. The molecule has 0 saturated heterocycles. The number of nitrogens with two attached hydrogens (primary N) is 1. The van der Waals surface area contributed by atoms with E-state index in [4.69, 9.17) is 10.5 Å². The number of aromatic nitrogens is 1. The lowest BCUT2D eigenvalue weighted by atomic mass is 10.1. The van der Waals surface area contributed by atoms with Gasteiger partial charge in [-0.15, -0.1) is 0 Å². The van der Waals surface area contributed by atoms with Crippen LogP contribution in [0.1, 0.15) is 38.9 Å². The molecule has 3 atom stereocenters. The lowest BCUT2D eigenvalue weighted by Crippen LogP contribution is -2.29. The van der Waals surface area contributed by atoms with Crippen LogP contribution in [0.5, 0.6) is 0 Å². The first-order valence-electron chi connectivity index (χ1n) is 5.46. The van der Waals surface area contributed by atoms with Gasteiger partial charge in [0.25, 0.3) is 0 Å². The van der Waals surface area contributed by atoms with Gasteiger partial charge in [0.05, 0.1) is 12.2 Å². The van der Waals surface area contributed by atoms with Crippen LogP contribution in [0.2, 0.25) is 0 Å². The van der Waals surface area contributed by atoms with E-state index in [0.717, 1.165) is 12.0 Å². The first-order chi connectivity index (χ1) is 7.15. The minimum Gasteiger partial charge on any atom is -0.369 e. The number of hydrogen-bond donors (Lipinski definition) is 1. The summed E-state index contributed by atoms with van der Waals surface area (Å²) in [7, 11) is 0. The summed E-state index contributed by atoms with van der Waals surface area (Å²) in [5, 5.41) is 0. The van der Waals surface area contributed by atoms with Crippen LogP contribution in [-0.2, 0) is 4.74 Å². The molecule has 15 heavy (non-hydrogen) atoms. The van der Waals surface area contributed by atoms with E-state index in [2.05, 4.69) is 18.8 Å². The van der Waals surface area contributed by atoms with Crippen LogP contribution >= 0.6 is 0 Å². The SMILES string of the molecule is CCC(C)OC(c1ccncc1)C(C)N. The Balaban J connectivity index is 2.75. The standard InChI is InChI=1S/C12H20N2O/c1-4-9(2)15-12(10(3)13)11-5-7-14-8-6-11/h5-10,12H,4,13H2,1-3H3. The van der Waals surface area contributed by atoms with Crippen molar-refractivity contribution in [1.82, 2.24) is 4.98 Å². The Labute approximate surface area is 91.7 Å². The Morgan fingerprint density at radius 2 is 1.93 bits per heavy atom. The van der Waals surface area contributed by atoms with Gasteiger partial charge in [0.1, 0.15) is 0 Å². The maximum atomic E-state index is 5.93. The normalized spacial score (nSPS) is 17.1. The summed E-state index contributed by atoms with van der Waals surface area (Å²) < 4.78 is 5.89. The molecule has 0 saturated carbocycles. The predicted octanol–water partition coefficient (Wildman–Crippen LogP) is 2.29. The summed E-state index contributed by atoms with van der Waals surface area (Å²) in [4.78, 5) is 3.99.